The smallest absolute Gasteiger partial charge is 0.381 e. The van der Waals surface area contributed by atoms with Crippen molar-refractivity contribution in [2.75, 3.05) is 6.61 Å². The molecule has 2 heterocycles. The first-order chi connectivity index (χ1) is 9.69. The molecule has 1 aliphatic heterocycles. The van der Waals surface area contributed by atoms with Crippen LogP contribution in [0.5, 0.6) is 0 Å². The molecular formula is C11H9BrF3NO4S. The van der Waals surface area contributed by atoms with Crippen LogP contribution in [0.1, 0.15) is 18.1 Å². The lowest BCUT2D eigenvalue weighted by atomic mass is 10.1. The van der Waals surface area contributed by atoms with Gasteiger partial charge in [-0.3, -0.25) is 0 Å². The first kappa shape index (κ1) is 16.2. The predicted molar refractivity (Wildman–Crippen MR) is 69.4 cm³/mol. The molecule has 0 saturated carbocycles. The highest BCUT2D eigenvalue weighted by Gasteiger charge is 2.49. The van der Waals surface area contributed by atoms with Crippen LogP contribution < -0.4 is 0 Å². The Labute approximate surface area is 127 Å². The van der Waals surface area contributed by atoms with Gasteiger partial charge in [0.1, 0.15) is 16.5 Å². The standard InChI is InChI=1S/C11H9BrF3NO4S/c12-10-5-7(1-3-16-10)9-6-8(2-4-19-9)20-21(17,18)11(13,14)15/h1,3,5-6,9H,2,4H2. The van der Waals surface area contributed by atoms with Gasteiger partial charge in [0.05, 0.1) is 6.61 Å². The SMILES string of the molecule is O=S(=O)(OC1=CC(c2ccnc(Br)c2)OCC1)C(F)(F)F. The number of halogens is 4. The third-order valence-electron chi connectivity index (χ3n) is 2.56. The molecule has 21 heavy (non-hydrogen) atoms. The summed E-state index contributed by atoms with van der Waals surface area (Å²) < 4.78 is 68.8. The van der Waals surface area contributed by atoms with Gasteiger partial charge in [0.25, 0.3) is 0 Å². The first-order valence-corrected chi connectivity index (χ1v) is 7.84. The fraction of sp³-hybridized carbons (Fsp3) is 0.364. The number of ether oxygens (including phenoxy) is 1. The van der Waals surface area contributed by atoms with E-state index in [1.54, 1.807) is 12.1 Å². The van der Waals surface area contributed by atoms with Crippen LogP contribution in [0.2, 0.25) is 0 Å². The normalized spacial score (nSPS) is 20.0. The minimum Gasteiger partial charge on any atom is -0.381 e. The Morgan fingerprint density at radius 2 is 2.14 bits per heavy atom. The molecule has 10 heteroatoms. The third-order valence-corrected chi connectivity index (χ3v) is 4.00. The van der Waals surface area contributed by atoms with Crippen molar-refractivity contribution in [3.8, 4) is 0 Å². The second-order valence-corrected chi connectivity index (χ2v) is 6.42. The van der Waals surface area contributed by atoms with E-state index < -0.39 is 21.7 Å². The van der Waals surface area contributed by atoms with Crippen LogP contribution in [0, 0.1) is 0 Å². The van der Waals surface area contributed by atoms with Gasteiger partial charge in [-0.05, 0) is 39.7 Å². The van der Waals surface area contributed by atoms with Crippen LogP contribution in [0.3, 0.4) is 0 Å². The maximum Gasteiger partial charge on any atom is 0.534 e. The van der Waals surface area contributed by atoms with Crippen molar-refractivity contribution in [3.63, 3.8) is 0 Å². The van der Waals surface area contributed by atoms with E-state index in [2.05, 4.69) is 25.1 Å². The number of alkyl halides is 3. The van der Waals surface area contributed by atoms with Gasteiger partial charge in [-0.15, -0.1) is 0 Å². The lowest BCUT2D eigenvalue weighted by Crippen LogP contribution is -2.26. The largest absolute Gasteiger partial charge is 0.534 e. The maximum atomic E-state index is 12.3. The topological polar surface area (TPSA) is 65.5 Å². The third kappa shape index (κ3) is 3.95. The zero-order chi connectivity index (χ0) is 15.7. The highest BCUT2D eigenvalue weighted by molar-refractivity contribution is 9.10. The highest BCUT2D eigenvalue weighted by atomic mass is 79.9. The van der Waals surface area contributed by atoms with Crippen molar-refractivity contribution in [2.45, 2.75) is 18.0 Å². The quantitative estimate of drug-likeness (QED) is 0.453. The molecule has 0 aliphatic carbocycles. The van der Waals surface area contributed by atoms with Crippen LogP contribution in [0.25, 0.3) is 0 Å². The second-order valence-electron chi connectivity index (χ2n) is 4.07. The Kier molecular flexibility index (Phi) is 4.59. The van der Waals surface area contributed by atoms with Gasteiger partial charge in [-0.2, -0.15) is 21.6 Å². The fourth-order valence-corrected chi connectivity index (χ4v) is 2.53. The van der Waals surface area contributed by atoms with E-state index in [1.807, 2.05) is 0 Å². The zero-order valence-corrected chi connectivity index (χ0v) is 12.7. The Bertz CT molecular complexity index is 660. The van der Waals surface area contributed by atoms with Crippen molar-refractivity contribution < 1.29 is 30.5 Å². The molecule has 1 atom stereocenters. The summed E-state index contributed by atoms with van der Waals surface area (Å²) in [6.07, 6.45) is 1.93. The Hall–Kier alpha value is -1.13. The van der Waals surface area contributed by atoms with E-state index >= 15 is 0 Å². The molecule has 1 unspecified atom stereocenters. The number of rotatable bonds is 3. The second kappa shape index (κ2) is 5.93. The molecule has 116 valence electrons. The van der Waals surface area contributed by atoms with E-state index in [0.29, 0.717) is 10.2 Å². The number of hydrogen-bond acceptors (Lipinski definition) is 5. The fourth-order valence-electron chi connectivity index (χ4n) is 1.63. The summed E-state index contributed by atoms with van der Waals surface area (Å²) in [5.74, 6) is -0.295. The number of aromatic nitrogens is 1. The summed E-state index contributed by atoms with van der Waals surface area (Å²) in [4.78, 5) is 3.91. The van der Waals surface area contributed by atoms with Crippen molar-refractivity contribution in [2.24, 2.45) is 0 Å². The minimum atomic E-state index is -5.66. The molecule has 0 saturated heterocycles. The Morgan fingerprint density at radius 3 is 2.76 bits per heavy atom. The number of nitrogens with zero attached hydrogens (tertiary/aromatic N) is 1. The van der Waals surface area contributed by atoms with E-state index in [-0.39, 0.29) is 18.8 Å². The van der Waals surface area contributed by atoms with E-state index in [4.69, 9.17) is 4.74 Å². The molecule has 1 aliphatic rings. The van der Waals surface area contributed by atoms with E-state index in [9.17, 15) is 21.6 Å². The van der Waals surface area contributed by atoms with Crippen LogP contribution in [0.4, 0.5) is 13.2 Å². The van der Waals surface area contributed by atoms with Gasteiger partial charge < -0.3 is 8.92 Å². The van der Waals surface area contributed by atoms with Crippen LogP contribution >= 0.6 is 15.9 Å². The van der Waals surface area contributed by atoms with Gasteiger partial charge in [0.2, 0.25) is 0 Å². The summed E-state index contributed by atoms with van der Waals surface area (Å²) in [5, 5.41) is 0. The molecule has 1 aromatic heterocycles. The average Bonchev–Trinajstić information content (AvgIpc) is 2.37. The van der Waals surface area contributed by atoms with Gasteiger partial charge >= 0.3 is 15.6 Å². The minimum absolute atomic E-state index is 0.0455. The summed E-state index contributed by atoms with van der Waals surface area (Å²) in [5.41, 5.74) is -4.84. The van der Waals surface area contributed by atoms with Gasteiger partial charge in [-0.25, -0.2) is 4.98 Å². The highest BCUT2D eigenvalue weighted by Crippen LogP contribution is 2.32. The first-order valence-electron chi connectivity index (χ1n) is 5.63. The molecule has 5 nitrogen and oxygen atoms in total. The lowest BCUT2D eigenvalue weighted by Gasteiger charge is -2.22. The maximum absolute atomic E-state index is 12.3. The molecule has 0 radical (unpaired) electrons. The zero-order valence-electron chi connectivity index (χ0n) is 10.3. The molecular weight excluding hydrogens is 379 g/mol. The lowest BCUT2D eigenvalue weighted by molar-refractivity contribution is -0.0530. The Balaban J connectivity index is 2.22. The van der Waals surface area contributed by atoms with E-state index in [0.717, 1.165) is 0 Å². The monoisotopic (exact) mass is 387 g/mol. The van der Waals surface area contributed by atoms with Crippen LogP contribution in [0.15, 0.2) is 34.8 Å². The average molecular weight is 388 g/mol. The van der Waals surface area contributed by atoms with Crippen molar-refractivity contribution in [1.29, 1.82) is 0 Å². The van der Waals surface area contributed by atoms with Crippen molar-refractivity contribution in [3.05, 3.63) is 40.3 Å². The number of hydrogen-bond donors (Lipinski definition) is 0. The molecule has 0 amide bonds. The Morgan fingerprint density at radius 1 is 1.43 bits per heavy atom. The molecule has 0 bridgehead atoms. The molecule has 1 aromatic rings. The summed E-state index contributed by atoms with van der Waals surface area (Å²) in [7, 11) is -5.66. The van der Waals surface area contributed by atoms with Crippen LogP contribution in [-0.2, 0) is 19.0 Å². The molecule has 0 aromatic carbocycles. The van der Waals surface area contributed by atoms with Gasteiger partial charge in [0.15, 0.2) is 0 Å². The predicted octanol–water partition coefficient (Wildman–Crippen LogP) is 3.06. The number of pyridine rings is 1. The summed E-state index contributed by atoms with van der Waals surface area (Å²) in [6.45, 7) is 0.0455. The summed E-state index contributed by atoms with van der Waals surface area (Å²) >= 11 is 3.16. The van der Waals surface area contributed by atoms with Gasteiger partial charge in [-0.1, -0.05) is 0 Å². The van der Waals surface area contributed by atoms with E-state index in [1.165, 1.54) is 12.3 Å². The van der Waals surface area contributed by atoms with Crippen molar-refractivity contribution in [1.82, 2.24) is 4.98 Å². The summed E-state index contributed by atoms with van der Waals surface area (Å²) in [6, 6.07) is 3.22. The van der Waals surface area contributed by atoms with Crippen LogP contribution in [-0.4, -0.2) is 25.5 Å². The van der Waals surface area contributed by atoms with Gasteiger partial charge in [0, 0.05) is 12.6 Å². The molecule has 0 N–H and O–H groups in total. The van der Waals surface area contributed by atoms with Crippen molar-refractivity contribution >= 4 is 26.0 Å². The molecule has 2 rings (SSSR count). The molecule has 0 spiro atoms. The molecule has 0 fully saturated rings.